The Labute approximate surface area is 159 Å². The zero-order valence-electron chi connectivity index (χ0n) is 14.6. The number of pyridine rings is 2. The molecule has 2 heterocycles. The van der Waals surface area contributed by atoms with E-state index in [9.17, 15) is 31.1 Å². The summed E-state index contributed by atoms with van der Waals surface area (Å²) in [6, 6.07) is 3.97. The summed E-state index contributed by atoms with van der Waals surface area (Å²) in [6.07, 6.45) is -7.86. The molecule has 11 heteroatoms. The first kappa shape index (κ1) is 20.4. The average molecular weight is 414 g/mol. The largest absolute Gasteiger partial charge is 0.417 e. The van der Waals surface area contributed by atoms with Gasteiger partial charge in [0.1, 0.15) is 5.82 Å². The monoisotopic (exact) mass is 414 g/mol. The van der Waals surface area contributed by atoms with Crippen LogP contribution >= 0.6 is 0 Å². The number of anilines is 1. The number of alkyl halides is 6. The Bertz CT molecular complexity index is 1080. The van der Waals surface area contributed by atoms with E-state index in [4.69, 9.17) is 0 Å². The Balaban J connectivity index is 2.38. The highest BCUT2D eigenvalue weighted by Gasteiger charge is 2.45. The summed E-state index contributed by atoms with van der Waals surface area (Å²) < 4.78 is 80.9. The number of nitrogens with zero attached hydrogens (tertiary/aromatic N) is 2. The average Bonchev–Trinajstić information content (AvgIpc) is 2.65. The van der Waals surface area contributed by atoms with Crippen LogP contribution in [0.15, 0.2) is 42.7 Å². The molecule has 0 bridgehead atoms. The van der Waals surface area contributed by atoms with E-state index >= 15 is 0 Å². The first-order chi connectivity index (χ1) is 13.5. The van der Waals surface area contributed by atoms with E-state index in [1.165, 1.54) is 31.6 Å². The number of fused-ring (bicyclic) bond motifs is 1. The second-order valence-electron chi connectivity index (χ2n) is 5.88. The number of urea groups is 1. The van der Waals surface area contributed by atoms with E-state index in [1.807, 2.05) is 0 Å². The topological polar surface area (TPSA) is 66.9 Å². The van der Waals surface area contributed by atoms with Crippen LogP contribution in [0.3, 0.4) is 0 Å². The molecule has 0 aliphatic carbocycles. The standard InChI is InChI=1S/C18H12F6N4O/c1-25-16(29)28-15-11(7-9-8-26-6-5-13(9)27-15)10-3-2-4-12(17(19,20)21)14(10)18(22,23)24/h2-8H,1H3,(H2,25,27,28,29). The normalized spacial score (nSPS) is 12.1. The Kier molecular flexibility index (Phi) is 5.07. The van der Waals surface area contributed by atoms with Gasteiger partial charge in [-0.3, -0.25) is 10.3 Å². The molecule has 3 rings (SSSR count). The maximum atomic E-state index is 13.7. The molecule has 0 unspecified atom stereocenters. The SMILES string of the molecule is CNC(=O)Nc1nc2ccncc2cc1-c1cccc(C(F)(F)F)c1C(F)(F)F. The highest BCUT2D eigenvalue weighted by Crippen LogP contribution is 2.46. The highest BCUT2D eigenvalue weighted by atomic mass is 19.4. The van der Waals surface area contributed by atoms with Crippen molar-refractivity contribution in [2.45, 2.75) is 12.4 Å². The van der Waals surface area contributed by atoms with Crippen LogP contribution in [0.2, 0.25) is 0 Å². The van der Waals surface area contributed by atoms with Gasteiger partial charge in [-0.2, -0.15) is 26.3 Å². The predicted molar refractivity (Wildman–Crippen MR) is 93.1 cm³/mol. The highest BCUT2D eigenvalue weighted by molar-refractivity contribution is 5.97. The molecule has 0 radical (unpaired) electrons. The van der Waals surface area contributed by atoms with Gasteiger partial charge in [-0.1, -0.05) is 12.1 Å². The van der Waals surface area contributed by atoms with Crippen molar-refractivity contribution in [1.29, 1.82) is 0 Å². The zero-order chi connectivity index (χ0) is 21.4. The third-order valence-corrected chi connectivity index (χ3v) is 4.02. The second-order valence-corrected chi connectivity index (χ2v) is 5.88. The van der Waals surface area contributed by atoms with Gasteiger partial charge in [-0.25, -0.2) is 9.78 Å². The molecule has 0 aliphatic rings. The number of carbonyl (C=O) groups is 1. The maximum Gasteiger partial charge on any atom is 0.417 e. The van der Waals surface area contributed by atoms with Crippen molar-refractivity contribution in [2.24, 2.45) is 0 Å². The minimum Gasteiger partial charge on any atom is -0.341 e. The Morgan fingerprint density at radius 3 is 2.34 bits per heavy atom. The van der Waals surface area contributed by atoms with E-state index in [0.717, 1.165) is 12.1 Å². The van der Waals surface area contributed by atoms with Crippen molar-refractivity contribution < 1.29 is 31.1 Å². The molecule has 0 fully saturated rings. The molecule has 2 aromatic heterocycles. The van der Waals surface area contributed by atoms with Crippen LogP contribution in [0.1, 0.15) is 11.1 Å². The van der Waals surface area contributed by atoms with Gasteiger partial charge in [-0.15, -0.1) is 0 Å². The van der Waals surface area contributed by atoms with Gasteiger partial charge in [-0.05, 0) is 23.8 Å². The summed E-state index contributed by atoms with van der Waals surface area (Å²) in [7, 11) is 1.27. The molecule has 0 saturated heterocycles. The molecule has 2 N–H and O–H groups in total. The first-order valence-corrected chi connectivity index (χ1v) is 8.03. The molecule has 152 valence electrons. The number of halogens is 6. The molecule has 1 aromatic carbocycles. The number of hydrogen-bond acceptors (Lipinski definition) is 3. The van der Waals surface area contributed by atoms with Gasteiger partial charge >= 0.3 is 18.4 Å². The van der Waals surface area contributed by atoms with Gasteiger partial charge in [0.25, 0.3) is 0 Å². The number of carbonyl (C=O) groups excluding carboxylic acids is 1. The minimum atomic E-state index is -5.31. The van der Waals surface area contributed by atoms with Crippen LogP contribution in [0.4, 0.5) is 37.0 Å². The van der Waals surface area contributed by atoms with Crippen LogP contribution in [-0.2, 0) is 12.4 Å². The quantitative estimate of drug-likeness (QED) is 0.575. The van der Waals surface area contributed by atoms with Gasteiger partial charge < -0.3 is 5.32 Å². The number of nitrogens with one attached hydrogen (secondary N) is 2. The van der Waals surface area contributed by atoms with Crippen LogP contribution in [-0.4, -0.2) is 23.0 Å². The minimum absolute atomic E-state index is 0.287. The number of aromatic nitrogens is 2. The maximum absolute atomic E-state index is 13.7. The smallest absolute Gasteiger partial charge is 0.341 e. The fraction of sp³-hybridized carbons (Fsp3) is 0.167. The van der Waals surface area contributed by atoms with Crippen LogP contribution < -0.4 is 10.6 Å². The summed E-state index contributed by atoms with van der Waals surface area (Å²) in [5, 5.41) is 4.76. The molecule has 3 aromatic rings. The lowest BCUT2D eigenvalue weighted by Crippen LogP contribution is -2.25. The molecule has 0 atom stereocenters. The first-order valence-electron chi connectivity index (χ1n) is 8.03. The Morgan fingerprint density at radius 1 is 1.00 bits per heavy atom. The van der Waals surface area contributed by atoms with Crippen molar-refractivity contribution >= 4 is 22.8 Å². The molecule has 0 saturated carbocycles. The number of hydrogen-bond donors (Lipinski definition) is 2. The third-order valence-electron chi connectivity index (χ3n) is 4.02. The molecular formula is C18H12F6N4O. The third kappa shape index (κ3) is 4.08. The van der Waals surface area contributed by atoms with E-state index < -0.39 is 35.1 Å². The molecule has 5 nitrogen and oxygen atoms in total. The zero-order valence-corrected chi connectivity index (χ0v) is 14.6. The van der Waals surface area contributed by atoms with Crippen LogP contribution in [0, 0.1) is 0 Å². The van der Waals surface area contributed by atoms with Crippen LogP contribution in [0.25, 0.3) is 22.0 Å². The van der Waals surface area contributed by atoms with Crippen molar-refractivity contribution in [3.05, 3.63) is 53.9 Å². The lowest BCUT2D eigenvalue weighted by atomic mass is 9.94. The Hall–Kier alpha value is -3.37. The summed E-state index contributed by atoms with van der Waals surface area (Å²) in [5.41, 5.74) is -4.50. The number of rotatable bonds is 2. The van der Waals surface area contributed by atoms with E-state index in [0.29, 0.717) is 6.07 Å². The summed E-state index contributed by atoms with van der Waals surface area (Å²) in [4.78, 5) is 19.7. The lowest BCUT2D eigenvalue weighted by molar-refractivity contribution is -0.161. The number of amides is 2. The molecule has 29 heavy (non-hydrogen) atoms. The lowest BCUT2D eigenvalue weighted by Gasteiger charge is -2.20. The fourth-order valence-electron chi connectivity index (χ4n) is 2.81. The number of benzene rings is 1. The van der Waals surface area contributed by atoms with Gasteiger partial charge in [0.2, 0.25) is 0 Å². The van der Waals surface area contributed by atoms with Gasteiger partial charge in [0.15, 0.2) is 0 Å². The molecule has 0 aliphatic heterocycles. The molecule has 0 spiro atoms. The van der Waals surface area contributed by atoms with Crippen molar-refractivity contribution in [1.82, 2.24) is 15.3 Å². The molecule has 2 amide bonds. The van der Waals surface area contributed by atoms with E-state index in [1.54, 1.807) is 0 Å². The van der Waals surface area contributed by atoms with Gasteiger partial charge in [0.05, 0.1) is 16.6 Å². The fourth-order valence-corrected chi connectivity index (χ4v) is 2.81. The van der Waals surface area contributed by atoms with Crippen molar-refractivity contribution in [3.63, 3.8) is 0 Å². The summed E-state index contributed by atoms with van der Waals surface area (Å²) in [5.74, 6) is -0.326. The summed E-state index contributed by atoms with van der Waals surface area (Å²) in [6.45, 7) is 0. The molecular weight excluding hydrogens is 402 g/mol. The van der Waals surface area contributed by atoms with Crippen LogP contribution in [0.5, 0.6) is 0 Å². The summed E-state index contributed by atoms with van der Waals surface area (Å²) >= 11 is 0. The Morgan fingerprint density at radius 2 is 1.72 bits per heavy atom. The van der Waals surface area contributed by atoms with Gasteiger partial charge in [0, 0.05) is 30.4 Å². The van der Waals surface area contributed by atoms with Crippen molar-refractivity contribution in [2.75, 3.05) is 12.4 Å². The van der Waals surface area contributed by atoms with Crippen molar-refractivity contribution in [3.8, 4) is 11.1 Å². The second kappa shape index (κ2) is 7.22. The van der Waals surface area contributed by atoms with E-state index in [-0.39, 0.29) is 22.3 Å². The predicted octanol–water partition coefficient (Wildman–Crippen LogP) is 5.09. The van der Waals surface area contributed by atoms with E-state index in [2.05, 4.69) is 20.6 Å².